The molecule has 0 aromatic carbocycles. The van der Waals surface area contributed by atoms with Crippen LogP contribution in [0.5, 0.6) is 0 Å². The molecule has 8 aliphatic rings. The monoisotopic (exact) mass is 683 g/mol. The molecule has 2 N–H and O–H groups in total. The first-order valence-corrected chi connectivity index (χ1v) is 20.7. The van der Waals surface area contributed by atoms with E-state index >= 15 is 0 Å². The Balaban J connectivity index is 1.20. The molecule has 2 bridgehead atoms. The molecule has 7 aliphatic carbocycles. The fraction of sp³-hybridized carbons (Fsp3) is 0.763. The molecule has 0 amide bonds. The predicted octanol–water partition coefficient (Wildman–Crippen LogP) is 6.66. The van der Waals surface area contributed by atoms with E-state index in [9.17, 15) is 23.4 Å². The van der Waals surface area contributed by atoms with E-state index in [0.717, 1.165) is 76.2 Å². The minimum Gasteiger partial charge on any atom is -0.393 e. The van der Waals surface area contributed by atoms with Gasteiger partial charge in [0, 0.05) is 47.4 Å². The van der Waals surface area contributed by atoms with Gasteiger partial charge in [-0.15, -0.1) is 11.3 Å². The van der Waals surface area contributed by atoms with E-state index in [1.54, 1.807) is 17.5 Å². The average Bonchev–Trinajstić information content (AvgIpc) is 3.83. The van der Waals surface area contributed by atoms with Gasteiger partial charge < -0.3 is 14.9 Å². The Morgan fingerprint density at radius 2 is 1.72 bits per heavy atom. The minimum atomic E-state index is -3.83. The van der Waals surface area contributed by atoms with E-state index in [1.807, 2.05) is 0 Å². The second kappa shape index (κ2) is 11.3. The average molecular weight is 684 g/mol. The Hall–Kier alpha value is -1.36. The highest BCUT2D eigenvalue weighted by Crippen LogP contribution is 2.78. The number of carbonyl (C=O) groups is 1. The van der Waals surface area contributed by atoms with Gasteiger partial charge in [0.1, 0.15) is 4.21 Å². The molecule has 1 aliphatic heterocycles. The van der Waals surface area contributed by atoms with Gasteiger partial charge in [-0.2, -0.15) is 4.31 Å². The van der Waals surface area contributed by atoms with E-state index in [-0.39, 0.29) is 53.9 Å². The fourth-order valence-corrected chi connectivity index (χ4v) is 15.0. The Morgan fingerprint density at radius 1 is 0.979 bits per heavy atom. The number of hydrogen-bond acceptors (Lipinski definition) is 7. The number of sulfonamides is 1. The molecule has 47 heavy (non-hydrogen) atoms. The molecule has 2 heterocycles. The smallest absolute Gasteiger partial charge is 0.252 e. The Morgan fingerprint density at radius 3 is 2.45 bits per heavy atom. The summed E-state index contributed by atoms with van der Waals surface area (Å²) >= 11 is 1.22. The number of allylic oxidation sites excluding steroid dienone is 4. The predicted molar refractivity (Wildman–Crippen MR) is 182 cm³/mol. The first kappa shape index (κ1) is 32.8. The van der Waals surface area contributed by atoms with E-state index in [1.165, 1.54) is 22.1 Å². The third-order valence-electron chi connectivity index (χ3n) is 14.9. The summed E-state index contributed by atoms with van der Waals surface area (Å²) in [5, 5.41) is 25.7. The van der Waals surface area contributed by atoms with Gasteiger partial charge in [-0.25, -0.2) is 8.42 Å². The molecular formula is C38H53NO6S2. The van der Waals surface area contributed by atoms with Crippen molar-refractivity contribution in [3.63, 3.8) is 0 Å². The van der Waals surface area contributed by atoms with Gasteiger partial charge in [-0.3, -0.25) is 4.79 Å². The number of aliphatic hydroxyl groups excluding tert-OH is 1. The molecule has 1 saturated heterocycles. The van der Waals surface area contributed by atoms with Crippen LogP contribution in [-0.2, 0) is 19.6 Å². The number of rotatable bonds is 8. The summed E-state index contributed by atoms with van der Waals surface area (Å²) < 4.78 is 36.1. The summed E-state index contributed by atoms with van der Waals surface area (Å²) in [5.74, 6) is 0.615. The van der Waals surface area contributed by atoms with Crippen molar-refractivity contribution >= 4 is 27.1 Å². The molecule has 9 rings (SSSR count). The molecule has 5 fully saturated rings. The Bertz CT molecular complexity index is 1560. The SMILES string of the molecule is CC12CCC(O)CC13C=CC1(C(C(=O)C4CCCCC4)=C3)C2CCC2(C)C1CCC2(O)CN(CC1CCCO1)S(=O)(=O)c1cccs1. The van der Waals surface area contributed by atoms with Crippen molar-refractivity contribution in [3.05, 3.63) is 41.3 Å². The van der Waals surface area contributed by atoms with Gasteiger partial charge in [0.2, 0.25) is 0 Å². The molecule has 9 heteroatoms. The maximum atomic E-state index is 14.8. The number of aliphatic hydroxyl groups is 2. The number of fused-ring (bicyclic) bond motifs is 1. The summed E-state index contributed by atoms with van der Waals surface area (Å²) in [4.78, 5) is 14.8. The molecule has 258 valence electrons. The van der Waals surface area contributed by atoms with Crippen LogP contribution in [0.15, 0.2) is 45.5 Å². The zero-order valence-corrected chi connectivity index (χ0v) is 29.8. The van der Waals surface area contributed by atoms with Crippen molar-refractivity contribution in [2.75, 3.05) is 19.7 Å². The second-order valence-electron chi connectivity index (χ2n) is 16.9. The standard InChI is InChI=1S/C38H53NO6S2/c1-34-15-12-27(40)22-36(34)18-19-38(29(23-36)33(41)26-8-4-3-5-9-26)30(34)13-16-35(2)31(38)14-17-37(35,42)25-39(24-28-10-6-20-45-28)47(43,44)32-11-7-21-46-32/h7,11,18-19,21,23,26-28,30-31,40,42H,3-6,8-10,12-17,20,22,24-25H2,1-2H3. The summed E-state index contributed by atoms with van der Waals surface area (Å²) in [6.45, 7) is 5.54. The van der Waals surface area contributed by atoms with Crippen molar-refractivity contribution in [2.45, 2.75) is 126 Å². The highest BCUT2D eigenvalue weighted by molar-refractivity contribution is 7.91. The first-order valence-electron chi connectivity index (χ1n) is 18.4. The zero-order valence-electron chi connectivity index (χ0n) is 28.2. The van der Waals surface area contributed by atoms with Crippen molar-refractivity contribution in [2.24, 2.45) is 39.4 Å². The molecule has 9 unspecified atom stereocenters. The molecule has 1 aromatic heterocycles. The highest BCUT2D eigenvalue weighted by atomic mass is 32.2. The quantitative estimate of drug-likeness (QED) is 0.297. The van der Waals surface area contributed by atoms with Crippen molar-refractivity contribution < 1.29 is 28.2 Å². The summed E-state index contributed by atoms with van der Waals surface area (Å²) in [7, 11) is -3.83. The molecule has 4 saturated carbocycles. The topological polar surface area (TPSA) is 104 Å². The number of hydrogen-bond donors (Lipinski definition) is 2. The number of ketones is 1. The van der Waals surface area contributed by atoms with Gasteiger partial charge >= 0.3 is 0 Å². The van der Waals surface area contributed by atoms with Crippen LogP contribution in [0.1, 0.15) is 104 Å². The molecule has 0 radical (unpaired) electrons. The van der Waals surface area contributed by atoms with Crippen LogP contribution < -0.4 is 0 Å². The molecular weight excluding hydrogens is 631 g/mol. The van der Waals surface area contributed by atoms with E-state index in [4.69, 9.17) is 4.74 Å². The zero-order chi connectivity index (χ0) is 32.9. The lowest BCUT2D eigenvalue weighted by molar-refractivity contribution is -0.177. The number of Topliss-reactive ketones (excluding diaryl/α,β-unsaturated/α-hetero) is 1. The summed E-state index contributed by atoms with van der Waals surface area (Å²) in [6, 6.07) is 3.43. The third kappa shape index (κ3) is 4.61. The van der Waals surface area contributed by atoms with Crippen molar-refractivity contribution in [1.82, 2.24) is 4.31 Å². The number of thiophene rings is 1. The van der Waals surface area contributed by atoms with Crippen LogP contribution >= 0.6 is 11.3 Å². The number of ether oxygens (including phenoxy) is 1. The van der Waals surface area contributed by atoms with Crippen LogP contribution in [0.25, 0.3) is 0 Å². The van der Waals surface area contributed by atoms with E-state index in [2.05, 4.69) is 32.1 Å². The number of carbonyl (C=O) groups excluding carboxylic acids is 1. The molecule has 1 aromatic rings. The lowest BCUT2D eigenvalue weighted by atomic mass is 9.32. The minimum absolute atomic E-state index is 0.0183. The Labute approximate surface area is 284 Å². The molecule has 2 spiro atoms. The van der Waals surface area contributed by atoms with Gasteiger partial charge in [0.25, 0.3) is 10.0 Å². The van der Waals surface area contributed by atoms with Crippen LogP contribution in [0.4, 0.5) is 0 Å². The van der Waals surface area contributed by atoms with Gasteiger partial charge in [0.05, 0.1) is 17.8 Å². The van der Waals surface area contributed by atoms with E-state index < -0.39 is 26.5 Å². The largest absolute Gasteiger partial charge is 0.393 e. The van der Waals surface area contributed by atoms with Crippen LogP contribution in [0.2, 0.25) is 0 Å². The molecule has 9 atom stereocenters. The lowest BCUT2D eigenvalue weighted by Gasteiger charge is -2.71. The summed E-state index contributed by atoms with van der Waals surface area (Å²) in [6.07, 6.45) is 18.8. The van der Waals surface area contributed by atoms with Gasteiger partial charge in [0.15, 0.2) is 5.78 Å². The second-order valence-corrected chi connectivity index (χ2v) is 20.0. The van der Waals surface area contributed by atoms with Gasteiger partial charge in [-0.1, -0.05) is 57.4 Å². The Kier molecular flexibility index (Phi) is 7.91. The normalized spacial score (nSPS) is 44.7. The van der Waals surface area contributed by atoms with Crippen molar-refractivity contribution in [1.29, 1.82) is 0 Å². The maximum absolute atomic E-state index is 14.8. The van der Waals surface area contributed by atoms with Crippen LogP contribution in [0, 0.1) is 39.4 Å². The first-order chi connectivity index (χ1) is 22.4. The highest BCUT2D eigenvalue weighted by Gasteiger charge is 2.74. The fourth-order valence-electron chi connectivity index (χ4n) is 12.3. The lowest BCUT2D eigenvalue weighted by Crippen LogP contribution is -2.67. The van der Waals surface area contributed by atoms with Crippen LogP contribution in [0.3, 0.4) is 0 Å². The van der Waals surface area contributed by atoms with Crippen molar-refractivity contribution in [3.8, 4) is 0 Å². The van der Waals surface area contributed by atoms with E-state index in [0.29, 0.717) is 29.4 Å². The van der Waals surface area contributed by atoms with Gasteiger partial charge in [-0.05, 0) is 99.3 Å². The summed E-state index contributed by atoms with van der Waals surface area (Å²) in [5.41, 5.74) is -1.76. The van der Waals surface area contributed by atoms with Crippen LogP contribution in [-0.4, -0.2) is 66.2 Å². The molecule has 7 nitrogen and oxygen atoms in total. The third-order valence-corrected chi connectivity index (χ3v) is 18.1. The number of nitrogens with zero attached hydrogens (tertiary/aromatic N) is 1. The maximum Gasteiger partial charge on any atom is 0.252 e.